The van der Waals surface area contributed by atoms with Crippen LogP contribution in [0, 0.1) is 23.7 Å². The molecule has 4 aromatic rings. The van der Waals surface area contributed by atoms with Crippen molar-refractivity contribution in [1.29, 1.82) is 0 Å². The third-order valence-corrected chi connectivity index (χ3v) is 19.0. The molecule has 0 unspecified atom stereocenters. The topological polar surface area (TPSA) is 159 Å². The number of carbonyl (C=O) groups excluding carboxylic acids is 4. The maximum atomic E-state index is 13.2. The molecule has 0 bridgehead atoms. The lowest BCUT2D eigenvalue weighted by molar-refractivity contribution is -0.134. The van der Waals surface area contributed by atoms with E-state index in [2.05, 4.69) is 83.9 Å². The number of likely N-dealkylation sites (tertiary alicyclic amines) is 4. The largest absolute Gasteiger partial charge is 0.351 e. The Balaban J connectivity index is 0.000000180. The lowest BCUT2D eigenvalue weighted by Gasteiger charge is -2.38. The Bertz CT molecular complexity index is 2700. The summed E-state index contributed by atoms with van der Waals surface area (Å²) in [5.74, 6) is 2.33. The van der Waals surface area contributed by atoms with E-state index >= 15 is 0 Å². The Morgan fingerprint density at radius 2 is 0.918 bits per heavy atom. The van der Waals surface area contributed by atoms with E-state index in [0.29, 0.717) is 62.7 Å². The highest BCUT2D eigenvalue weighted by molar-refractivity contribution is 9.11. The van der Waals surface area contributed by atoms with Crippen molar-refractivity contribution in [2.75, 3.05) is 52.4 Å². The van der Waals surface area contributed by atoms with E-state index in [9.17, 15) is 19.2 Å². The highest BCUT2D eigenvalue weighted by Crippen LogP contribution is 2.48. The molecule has 2 atom stereocenters. The molecule has 10 rings (SSSR count). The number of rotatable bonds is 7. The predicted molar refractivity (Wildman–Crippen MR) is 298 cm³/mol. The van der Waals surface area contributed by atoms with Gasteiger partial charge in [0.1, 0.15) is 0 Å². The minimum atomic E-state index is -0.362. The Kier molecular flexibility index (Phi) is 17.8. The highest BCUT2D eigenvalue weighted by Gasteiger charge is 2.39. The standard InChI is InChI=1S/C29H36BrClN4O2.C27H31Br2ClN4O2/c1-2-18-13-22-4-3-21-15-23(31)16-24(30)26(21)27(28(22)33-17-18)20-7-11-34(12-8-20)25(36)14-19-5-9-35(10-6-19)29(32)37;28-20-12-19-2-1-18-13-21(30)14-22(29)24(18)25(26(19)32-15-20)17-5-9-33(10-6-17)23(35)11-16-3-7-34(8-4-16)27(31)36/h13,15-17,19-20,27H,2-12,14H2,1H3,(H2,32,37);12-17,25H,1-11H2,(H2,31,36)/t27-;25-/m11/s1. The van der Waals surface area contributed by atoms with Crippen LogP contribution in [0.5, 0.6) is 0 Å². The summed E-state index contributed by atoms with van der Waals surface area (Å²) >= 11 is 24.2. The molecule has 6 heterocycles. The van der Waals surface area contributed by atoms with Crippen molar-refractivity contribution in [1.82, 2.24) is 29.6 Å². The number of aromatic nitrogens is 2. The number of primary amides is 2. The lowest BCUT2D eigenvalue weighted by atomic mass is 9.76. The number of hydrogen-bond acceptors (Lipinski definition) is 6. The second kappa shape index (κ2) is 24.1. The Labute approximate surface area is 465 Å². The first-order valence-corrected chi connectivity index (χ1v) is 29.5. The second-order valence-corrected chi connectivity index (χ2v) is 24.7. The van der Waals surface area contributed by atoms with Crippen LogP contribution in [0.3, 0.4) is 0 Å². The number of carbonyl (C=O) groups is 4. The quantitative estimate of drug-likeness (QED) is 0.187. The molecule has 390 valence electrons. The molecule has 6 aliphatic rings. The smallest absolute Gasteiger partial charge is 0.314 e. The van der Waals surface area contributed by atoms with E-state index in [-0.39, 0.29) is 35.7 Å². The van der Waals surface area contributed by atoms with E-state index in [1.54, 1.807) is 9.80 Å². The van der Waals surface area contributed by atoms with Gasteiger partial charge in [0, 0.05) is 113 Å². The number of hydrogen-bond donors (Lipinski definition) is 2. The monoisotopic (exact) mass is 1220 g/mol. The Hall–Kier alpha value is -3.76. The summed E-state index contributed by atoms with van der Waals surface area (Å²) in [6, 6.07) is 12.1. The van der Waals surface area contributed by atoms with Gasteiger partial charge < -0.3 is 31.1 Å². The molecule has 0 radical (unpaired) electrons. The first kappa shape index (κ1) is 54.0. The van der Waals surface area contributed by atoms with E-state index in [4.69, 9.17) is 44.6 Å². The van der Waals surface area contributed by atoms with Crippen molar-refractivity contribution in [3.63, 3.8) is 0 Å². The maximum absolute atomic E-state index is 13.2. The summed E-state index contributed by atoms with van der Waals surface area (Å²) in [5, 5.41) is 1.51. The fourth-order valence-electron chi connectivity index (χ4n) is 12.8. The van der Waals surface area contributed by atoms with Crippen molar-refractivity contribution in [2.45, 2.75) is 115 Å². The van der Waals surface area contributed by atoms with Gasteiger partial charge >= 0.3 is 12.1 Å². The van der Waals surface area contributed by atoms with Crippen LogP contribution in [0.1, 0.15) is 133 Å². The number of nitrogens with zero attached hydrogens (tertiary/aromatic N) is 6. The number of urea groups is 2. The van der Waals surface area contributed by atoms with Gasteiger partial charge in [-0.3, -0.25) is 19.6 Å². The van der Waals surface area contributed by atoms with Gasteiger partial charge in [0.2, 0.25) is 11.8 Å². The average molecular weight is 1230 g/mol. The molecule has 6 amide bonds. The van der Waals surface area contributed by atoms with E-state index in [1.165, 1.54) is 44.6 Å². The maximum Gasteiger partial charge on any atom is 0.314 e. The zero-order valence-corrected chi connectivity index (χ0v) is 48.0. The van der Waals surface area contributed by atoms with Crippen LogP contribution >= 0.6 is 71.0 Å². The Morgan fingerprint density at radius 3 is 1.33 bits per heavy atom. The summed E-state index contributed by atoms with van der Waals surface area (Å²) in [6.07, 6.45) is 17.1. The fourth-order valence-corrected chi connectivity index (χ4v) is 15.4. The van der Waals surface area contributed by atoms with Crippen molar-refractivity contribution in [3.05, 3.63) is 123 Å². The number of aryl methyl sites for hydroxylation is 5. The average Bonchev–Trinajstić information content (AvgIpc) is 3.64. The number of benzene rings is 2. The summed E-state index contributed by atoms with van der Waals surface area (Å²) in [4.78, 5) is 66.5. The molecule has 2 aromatic heterocycles. The molecule has 12 nitrogen and oxygen atoms in total. The van der Waals surface area contributed by atoms with Crippen molar-refractivity contribution in [3.8, 4) is 0 Å². The fraction of sp³-hybridized carbons (Fsp3) is 0.536. The summed E-state index contributed by atoms with van der Waals surface area (Å²) in [5.41, 5.74) is 22.3. The van der Waals surface area contributed by atoms with Gasteiger partial charge in [0.25, 0.3) is 0 Å². The zero-order chi connectivity index (χ0) is 51.5. The minimum absolute atomic E-state index is 0.174. The van der Waals surface area contributed by atoms with E-state index in [0.717, 1.165) is 139 Å². The van der Waals surface area contributed by atoms with Crippen molar-refractivity contribution >= 4 is 94.9 Å². The Morgan fingerprint density at radius 1 is 0.534 bits per heavy atom. The number of fused-ring (bicyclic) bond motifs is 4. The molecular weight excluding hydrogens is 1160 g/mol. The van der Waals surface area contributed by atoms with Gasteiger partial charge in [0.15, 0.2) is 0 Å². The van der Waals surface area contributed by atoms with Gasteiger partial charge in [-0.15, -0.1) is 0 Å². The molecule has 73 heavy (non-hydrogen) atoms. The molecule has 4 aliphatic heterocycles. The number of piperidine rings is 4. The van der Waals surface area contributed by atoms with Crippen molar-refractivity contribution < 1.29 is 19.2 Å². The van der Waals surface area contributed by atoms with Crippen LogP contribution in [-0.2, 0) is 41.7 Å². The number of halogens is 5. The van der Waals surface area contributed by atoms with Gasteiger partial charge in [-0.2, -0.15) is 0 Å². The lowest BCUT2D eigenvalue weighted by Crippen LogP contribution is -2.44. The second-order valence-electron chi connectivity index (χ2n) is 21.2. The first-order valence-electron chi connectivity index (χ1n) is 26.4. The summed E-state index contributed by atoms with van der Waals surface area (Å²) in [6.45, 7) is 7.89. The molecule has 2 aliphatic carbocycles. The van der Waals surface area contributed by atoms with Crippen LogP contribution < -0.4 is 11.5 Å². The molecule has 2 aromatic carbocycles. The van der Waals surface area contributed by atoms with E-state index < -0.39 is 0 Å². The molecule has 0 saturated carbocycles. The zero-order valence-electron chi connectivity index (χ0n) is 41.7. The predicted octanol–water partition coefficient (Wildman–Crippen LogP) is 11.6. The molecule has 4 saturated heterocycles. The van der Waals surface area contributed by atoms with Crippen molar-refractivity contribution in [2.24, 2.45) is 35.1 Å². The summed E-state index contributed by atoms with van der Waals surface area (Å²) in [7, 11) is 0. The van der Waals surface area contributed by atoms with Gasteiger partial charge in [0.05, 0.1) is 11.4 Å². The van der Waals surface area contributed by atoms with Crippen LogP contribution in [0.2, 0.25) is 10.0 Å². The SMILES string of the molecule is CCc1cnc2c(c1)CCc1cc(Cl)cc(Br)c1[C@H]2C1CCN(C(=O)CC2CCN(C(N)=O)CC2)CC1.NC(=O)N1CCC(CC(=O)N2CCC([C@H]3c4ncc(Br)cc4CCc4cc(Cl)cc(Br)c43)CC2)CC1. The van der Waals surface area contributed by atoms with Gasteiger partial charge in [-0.05, 0) is 192 Å². The molecule has 17 heteroatoms. The molecule has 0 spiro atoms. The summed E-state index contributed by atoms with van der Waals surface area (Å²) < 4.78 is 3.12. The van der Waals surface area contributed by atoms with Crippen LogP contribution in [0.15, 0.2) is 62.2 Å². The highest BCUT2D eigenvalue weighted by atomic mass is 79.9. The van der Waals surface area contributed by atoms with Gasteiger partial charge in [-0.25, -0.2) is 9.59 Å². The minimum Gasteiger partial charge on any atom is -0.351 e. The normalized spacial score (nSPS) is 20.9. The van der Waals surface area contributed by atoms with Crippen LogP contribution in [0.25, 0.3) is 0 Å². The van der Waals surface area contributed by atoms with Gasteiger partial charge in [-0.1, -0.05) is 68.1 Å². The van der Waals surface area contributed by atoms with Crippen LogP contribution in [0.4, 0.5) is 9.59 Å². The third-order valence-electron chi connectivity index (χ3n) is 16.8. The first-order chi connectivity index (χ1) is 35.1. The molecule has 4 N–H and O–H groups in total. The van der Waals surface area contributed by atoms with Crippen LogP contribution in [-0.4, -0.2) is 106 Å². The number of pyridine rings is 2. The molecular formula is C56H67Br3Cl2N8O4. The number of amides is 6. The number of nitrogens with two attached hydrogens (primary N) is 2. The van der Waals surface area contributed by atoms with E-state index in [1.807, 2.05) is 29.4 Å². The molecule has 4 fully saturated rings. The third kappa shape index (κ3) is 12.6.